The minimum Gasteiger partial charge on any atom is -0.465 e. The molecule has 0 radical (unpaired) electrons. The van der Waals surface area contributed by atoms with Crippen LogP contribution in [0.15, 0.2) is 129 Å². The fraction of sp³-hybridized carbons (Fsp3) is 0.308. The maximum absolute atomic E-state index is 14.1. The SMILES string of the molecule is CC[C@H](NC(=O)OC(C)(C)C)c1nc2cccc(Br)c2c(=O)n1-c1ccccc1.CC[C@H](NC(=O)OC(C)(C)C)c1nc2cccc(NCc3ccc(C(=O)OC)cn3)c2c(=O)n1-c1ccccc1. The highest BCUT2D eigenvalue weighted by molar-refractivity contribution is 9.10. The third kappa shape index (κ3) is 12.8. The van der Waals surface area contributed by atoms with Gasteiger partial charge in [-0.05, 0) is 131 Å². The maximum atomic E-state index is 14.1. The molecule has 0 bridgehead atoms. The smallest absolute Gasteiger partial charge is 0.408 e. The molecule has 3 heterocycles. The Kier molecular flexibility index (Phi) is 16.4. The number of benzene rings is 4. The Morgan fingerprint density at radius 3 is 1.57 bits per heavy atom. The maximum Gasteiger partial charge on any atom is 0.408 e. The van der Waals surface area contributed by atoms with Gasteiger partial charge in [-0.1, -0.05) is 62.4 Å². The van der Waals surface area contributed by atoms with Gasteiger partial charge in [-0.15, -0.1) is 0 Å². The van der Waals surface area contributed by atoms with Crippen molar-refractivity contribution >= 4 is 61.6 Å². The van der Waals surface area contributed by atoms with Crippen molar-refractivity contribution in [3.63, 3.8) is 0 Å². The number of alkyl carbamates (subject to hydrolysis) is 2. The first kappa shape index (κ1) is 51.0. The van der Waals surface area contributed by atoms with E-state index in [1.807, 2.05) is 92.7 Å². The molecule has 16 nitrogen and oxygen atoms in total. The van der Waals surface area contributed by atoms with Crippen LogP contribution < -0.4 is 27.1 Å². The molecule has 0 unspecified atom stereocenters. The summed E-state index contributed by atoms with van der Waals surface area (Å²) in [5.74, 6) is 0.394. The van der Waals surface area contributed by atoms with Gasteiger partial charge in [0.1, 0.15) is 22.9 Å². The van der Waals surface area contributed by atoms with Crippen LogP contribution in [0.3, 0.4) is 0 Å². The zero-order valence-electron chi connectivity index (χ0n) is 40.1. The molecule has 2 amide bonds. The average molecular weight is 1000 g/mol. The second-order valence-corrected chi connectivity index (χ2v) is 18.7. The number of carbonyl (C=O) groups is 3. The number of pyridine rings is 1. The highest BCUT2D eigenvalue weighted by atomic mass is 79.9. The van der Waals surface area contributed by atoms with E-state index in [-0.39, 0.29) is 11.1 Å². The molecule has 69 heavy (non-hydrogen) atoms. The van der Waals surface area contributed by atoms with Gasteiger partial charge in [-0.3, -0.25) is 23.7 Å². The van der Waals surface area contributed by atoms with Crippen LogP contribution in [0.2, 0.25) is 0 Å². The van der Waals surface area contributed by atoms with Crippen molar-refractivity contribution in [3.8, 4) is 11.4 Å². The van der Waals surface area contributed by atoms with E-state index in [1.165, 1.54) is 17.9 Å². The summed E-state index contributed by atoms with van der Waals surface area (Å²) in [6.45, 7) is 14.9. The van der Waals surface area contributed by atoms with Crippen molar-refractivity contribution in [2.24, 2.45) is 0 Å². The number of nitrogens with zero attached hydrogens (tertiary/aromatic N) is 5. The van der Waals surface area contributed by atoms with Crippen LogP contribution >= 0.6 is 15.9 Å². The molecule has 3 aromatic heterocycles. The third-order valence-electron chi connectivity index (χ3n) is 10.4. The number of hydrogen-bond donors (Lipinski definition) is 3. The predicted molar refractivity (Wildman–Crippen MR) is 270 cm³/mol. The van der Waals surface area contributed by atoms with Crippen molar-refractivity contribution in [1.82, 2.24) is 34.7 Å². The zero-order valence-corrected chi connectivity index (χ0v) is 41.7. The summed E-state index contributed by atoms with van der Waals surface area (Å²) in [5, 5.41) is 9.91. The highest BCUT2D eigenvalue weighted by Gasteiger charge is 2.27. The van der Waals surface area contributed by atoms with Crippen molar-refractivity contribution < 1.29 is 28.6 Å². The topological polar surface area (TPSA) is 198 Å². The molecule has 0 fully saturated rings. The third-order valence-corrected chi connectivity index (χ3v) is 11.0. The Hall–Kier alpha value is -7.40. The number of esters is 1. The molecule has 0 aliphatic heterocycles. The van der Waals surface area contributed by atoms with Gasteiger partial charge in [0.2, 0.25) is 0 Å². The van der Waals surface area contributed by atoms with Crippen LogP contribution in [-0.2, 0) is 20.8 Å². The van der Waals surface area contributed by atoms with Crippen molar-refractivity contribution in [2.75, 3.05) is 12.4 Å². The van der Waals surface area contributed by atoms with Gasteiger partial charge in [0.25, 0.3) is 11.1 Å². The van der Waals surface area contributed by atoms with E-state index in [1.54, 1.807) is 76.4 Å². The Morgan fingerprint density at radius 2 is 1.12 bits per heavy atom. The van der Waals surface area contributed by atoms with Crippen LogP contribution in [-0.4, -0.2) is 60.6 Å². The summed E-state index contributed by atoms with van der Waals surface area (Å²) >= 11 is 3.46. The van der Waals surface area contributed by atoms with Gasteiger partial charge in [-0.25, -0.2) is 24.4 Å². The number of anilines is 1. The van der Waals surface area contributed by atoms with E-state index in [2.05, 4.69) is 36.9 Å². The lowest BCUT2D eigenvalue weighted by molar-refractivity contribution is 0.0487. The zero-order chi connectivity index (χ0) is 50.0. The van der Waals surface area contributed by atoms with Gasteiger partial charge in [0.05, 0.1) is 70.2 Å². The number of hydrogen-bond acceptors (Lipinski definition) is 12. The Bertz CT molecular complexity index is 3060. The highest BCUT2D eigenvalue weighted by Crippen LogP contribution is 2.27. The first-order valence-corrected chi connectivity index (χ1v) is 23.3. The summed E-state index contributed by atoms with van der Waals surface area (Å²) in [4.78, 5) is 78.3. The number of methoxy groups -OCH3 is 1. The van der Waals surface area contributed by atoms with Gasteiger partial charge >= 0.3 is 18.2 Å². The molecule has 0 spiro atoms. The van der Waals surface area contributed by atoms with Gasteiger partial charge < -0.3 is 30.2 Å². The average Bonchev–Trinajstić information content (AvgIpc) is 3.31. The second-order valence-electron chi connectivity index (χ2n) is 17.8. The van der Waals surface area contributed by atoms with Crippen LogP contribution in [0.5, 0.6) is 0 Å². The molecule has 0 aliphatic rings. The number of carbonyl (C=O) groups excluding carboxylic acids is 3. The van der Waals surface area contributed by atoms with Gasteiger partial charge in [-0.2, -0.15) is 0 Å². The van der Waals surface area contributed by atoms with Crippen LogP contribution in [0, 0.1) is 0 Å². The second kappa shape index (κ2) is 22.1. The lowest BCUT2D eigenvalue weighted by Crippen LogP contribution is -2.37. The summed E-state index contributed by atoms with van der Waals surface area (Å²) in [6.07, 6.45) is 1.33. The number of amides is 2. The fourth-order valence-corrected chi connectivity index (χ4v) is 7.80. The summed E-state index contributed by atoms with van der Waals surface area (Å²) in [6, 6.07) is 31.6. The molecule has 7 aromatic rings. The normalized spacial score (nSPS) is 12.3. The van der Waals surface area contributed by atoms with Crippen molar-refractivity contribution in [3.05, 3.63) is 163 Å². The molecule has 7 rings (SSSR count). The summed E-state index contributed by atoms with van der Waals surface area (Å²) in [5.41, 5.74) is 2.18. The molecule has 2 atom stereocenters. The Morgan fingerprint density at radius 1 is 0.638 bits per heavy atom. The fourth-order valence-electron chi connectivity index (χ4n) is 7.27. The molecule has 3 N–H and O–H groups in total. The standard InChI is InChI=1S/C30H33N5O5.C22H24BrN3O3/c1-6-22(34-29(38)40-30(2,3)4)26-33-24-14-10-13-23(25(24)27(36)35(26)21-11-8-7-9-12-21)32-18-20-16-15-19(17-31-20)28(37)39-5;1-5-16(25-21(28)29-22(2,3)4)19-24-17-13-9-12-15(23)18(17)20(27)26(19)14-10-7-6-8-11-14/h7-17,22,32H,6,18H2,1-5H3,(H,34,38);6-13,16H,5H2,1-4H3,(H,25,28)/t22-;16-/m00/s1. The molecule has 0 saturated carbocycles. The minimum atomic E-state index is -0.673. The van der Waals surface area contributed by atoms with E-state index >= 15 is 0 Å². The van der Waals surface area contributed by atoms with Crippen LogP contribution in [0.4, 0.5) is 15.3 Å². The largest absolute Gasteiger partial charge is 0.465 e. The van der Waals surface area contributed by atoms with Gasteiger partial charge in [0, 0.05) is 16.4 Å². The molecule has 0 aliphatic carbocycles. The predicted octanol–water partition coefficient (Wildman–Crippen LogP) is 10.3. The molecule has 360 valence electrons. The summed E-state index contributed by atoms with van der Waals surface area (Å²) in [7, 11) is 1.32. The number of para-hydroxylation sites is 2. The Balaban J connectivity index is 0.000000239. The van der Waals surface area contributed by atoms with Crippen LogP contribution in [0.25, 0.3) is 33.2 Å². The molecular formula is C52H57BrN8O8. The lowest BCUT2D eigenvalue weighted by atomic mass is 10.1. The minimum absolute atomic E-state index is 0.201. The number of fused-ring (bicyclic) bond motifs is 2. The van der Waals surface area contributed by atoms with Crippen LogP contribution in [0.1, 0.15) is 108 Å². The number of rotatable bonds is 12. The van der Waals surface area contributed by atoms with E-state index < -0.39 is 41.4 Å². The number of halogens is 1. The lowest BCUT2D eigenvalue weighted by Gasteiger charge is -2.25. The molecular weight excluding hydrogens is 945 g/mol. The Labute approximate surface area is 408 Å². The molecule has 0 saturated heterocycles. The monoisotopic (exact) mass is 1000 g/mol. The van der Waals surface area contributed by atoms with Gasteiger partial charge in [0.15, 0.2) is 0 Å². The molecule has 17 heteroatoms. The first-order valence-electron chi connectivity index (χ1n) is 22.5. The van der Waals surface area contributed by atoms with Crippen molar-refractivity contribution in [1.29, 1.82) is 0 Å². The number of ether oxygens (including phenoxy) is 3. The van der Waals surface area contributed by atoms with E-state index in [0.717, 1.165) is 0 Å². The molecule has 4 aromatic carbocycles. The number of nitrogens with one attached hydrogen (secondary N) is 3. The quantitative estimate of drug-likeness (QED) is 0.0775. The van der Waals surface area contributed by atoms with E-state index in [4.69, 9.17) is 24.2 Å². The van der Waals surface area contributed by atoms with Crippen molar-refractivity contribution in [2.45, 2.75) is 98.1 Å². The van der Waals surface area contributed by atoms with E-state index in [0.29, 0.717) is 85.6 Å². The summed E-state index contributed by atoms with van der Waals surface area (Å²) < 4.78 is 19.4. The number of aromatic nitrogens is 5. The first-order chi connectivity index (χ1) is 32.8. The van der Waals surface area contributed by atoms with E-state index in [9.17, 15) is 24.0 Å².